The maximum Gasteiger partial charge on any atom is 0.421 e. The van der Waals surface area contributed by atoms with E-state index < -0.39 is 27.0 Å². The number of aryl methyl sites for hydroxylation is 1. The van der Waals surface area contributed by atoms with Crippen LogP contribution in [0.25, 0.3) is 0 Å². The van der Waals surface area contributed by atoms with Gasteiger partial charge in [0.1, 0.15) is 6.61 Å². The van der Waals surface area contributed by atoms with Gasteiger partial charge in [0.2, 0.25) is 0 Å². The summed E-state index contributed by atoms with van der Waals surface area (Å²) in [6.07, 6.45) is 0.0731. The van der Waals surface area contributed by atoms with Crippen LogP contribution in [0.2, 0.25) is 0 Å². The standard InChI is InChI=1S/C20H24N2O4S2/c1-15(2)27(21-28(24,25)19-11-9-16(3)10-12-19)22-18(14-26-20(22)23)13-17-7-5-4-6-8-17/h4-12,15,18H,13-14H2,1-3H3/t18-,27+/m0/s1. The first-order chi connectivity index (χ1) is 13.3. The molecule has 6 nitrogen and oxygen atoms in total. The summed E-state index contributed by atoms with van der Waals surface area (Å²) >= 11 is 0. The lowest BCUT2D eigenvalue weighted by Crippen LogP contribution is -2.40. The molecule has 0 radical (unpaired) electrons. The molecular weight excluding hydrogens is 396 g/mol. The Morgan fingerprint density at radius 3 is 2.39 bits per heavy atom. The molecule has 3 rings (SSSR count). The molecule has 0 aliphatic carbocycles. The van der Waals surface area contributed by atoms with E-state index in [1.54, 1.807) is 24.3 Å². The minimum absolute atomic E-state index is 0.128. The molecule has 1 heterocycles. The Bertz CT molecular complexity index is 971. The van der Waals surface area contributed by atoms with Crippen LogP contribution >= 0.6 is 0 Å². The number of ether oxygens (including phenoxy) is 1. The fourth-order valence-electron chi connectivity index (χ4n) is 2.91. The number of sulfonamides is 1. The average Bonchev–Trinajstić information content (AvgIpc) is 3.01. The van der Waals surface area contributed by atoms with Crippen LogP contribution in [-0.2, 0) is 32.1 Å². The summed E-state index contributed by atoms with van der Waals surface area (Å²) in [7, 11) is -5.06. The van der Waals surface area contributed by atoms with Crippen molar-refractivity contribution in [2.75, 3.05) is 6.61 Å². The highest BCUT2D eigenvalue weighted by Crippen LogP contribution is 2.25. The van der Waals surface area contributed by atoms with E-state index in [0.717, 1.165) is 11.1 Å². The Hall–Kier alpha value is -2.19. The number of nitrogens with zero attached hydrogens (tertiary/aromatic N) is 2. The van der Waals surface area contributed by atoms with Crippen LogP contribution in [0.4, 0.5) is 4.79 Å². The zero-order chi connectivity index (χ0) is 20.3. The quantitative estimate of drug-likeness (QED) is 0.711. The van der Waals surface area contributed by atoms with Gasteiger partial charge in [-0.1, -0.05) is 61.9 Å². The third-order valence-electron chi connectivity index (χ3n) is 4.34. The Morgan fingerprint density at radius 2 is 1.79 bits per heavy atom. The van der Waals surface area contributed by atoms with E-state index in [-0.39, 0.29) is 22.8 Å². The summed E-state index contributed by atoms with van der Waals surface area (Å²) in [6, 6.07) is 16.1. The largest absolute Gasteiger partial charge is 0.447 e. The molecule has 1 aliphatic rings. The normalized spacial score (nSPS) is 18.5. The highest BCUT2D eigenvalue weighted by molar-refractivity contribution is 7.99. The van der Waals surface area contributed by atoms with Crippen molar-refractivity contribution in [3.63, 3.8) is 0 Å². The fraction of sp³-hybridized carbons (Fsp3) is 0.350. The zero-order valence-electron chi connectivity index (χ0n) is 16.1. The second-order valence-corrected chi connectivity index (χ2v) is 10.9. The Balaban J connectivity index is 1.96. The van der Waals surface area contributed by atoms with Gasteiger partial charge in [0.05, 0.1) is 10.9 Å². The van der Waals surface area contributed by atoms with Crippen LogP contribution in [0, 0.1) is 6.92 Å². The van der Waals surface area contributed by atoms with E-state index in [9.17, 15) is 13.2 Å². The third kappa shape index (κ3) is 4.62. The molecule has 1 amide bonds. The van der Waals surface area contributed by atoms with E-state index in [4.69, 9.17) is 4.74 Å². The second kappa shape index (κ2) is 8.45. The number of carbonyl (C=O) groups excluding carboxylic acids is 1. The van der Waals surface area contributed by atoms with Crippen molar-refractivity contribution in [3.05, 3.63) is 65.7 Å². The molecule has 1 saturated heterocycles. The molecular formula is C20H24N2O4S2. The minimum Gasteiger partial charge on any atom is -0.447 e. The van der Waals surface area contributed by atoms with Crippen molar-refractivity contribution >= 4 is 27.0 Å². The van der Waals surface area contributed by atoms with Gasteiger partial charge >= 0.3 is 6.09 Å². The van der Waals surface area contributed by atoms with E-state index in [2.05, 4.69) is 3.77 Å². The number of hydrogen-bond acceptors (Lipinski definition) is 4. The molecule has 1 aliphatic heterocycles. The highest BCUT2D eigenvalue weighted by atomic mass is 32.3. The van der Waals surface area contributed by atoms with E-state index in [1.165, 1.54) is 4.31 Å². The smallest absolute Gasteiger partial charge is 0.421 e. The molecule has 0 unspecified atom stereocenters. The van der Waals surface area contributed by atoms with Crippen molar-refractivity contribution < 1.29 is 17.9 Å². The maximum absolute atomic E-state index is 12.8. The van der Waals surface area contributed by atoms with Crippen LogP contribution in [0.3, 0.4) is 0 Å². The molecule has 0 saturated carbocycles. The molecule has 0 N–H and O–H groups in total. The molecule has 8 heteroatoms. The highest BCUT2D eigenvalue weighted by Gasteiger charge is 2.38. The number of amides is 1. The predicted octanol–water partition coefficient (Wildman–Crippen LogP) is 3.87. The van der Waals surface area contributed by atoms with Gasteiger partial charge in [-0.3, -0.25) is 0 Å². The molecule has 150 valence electrons. The van der Waals surface area contributed by atoms with E-state index in [0.29, 0.717) is 6.42 Å². The summed E-state index contributed by atoms with van der Waals surface area (Å²) in [5.41, 5.74) is 2.03. The Labute approximate surface area is 168 Å². The first-order valence-corrected chi connectivity index (χ1v) is 11.7. The van der Waals surface area contributed by atoms with Gasteiger partial charge in [0.15, 0.2) is 0 Å². The number of hydrogen-bond donors (Lipinski definition) is 0. The van der Waals surface area contributed by atoms with E-state index >= 15 is 0 Å². The maximum atomic E-state index is 12.8. The summed E-state index contributed by atoms with van der Waals surface area (Å²) in [5, 5.41) is -0.163. The lowest BCUT2D eigenvalue weighted by Gasteiger charge is -2.26. The van der Waals surface area contributed by atoms with Gasteiger partial charge in [-0.25, -0.2) is 9.10 Å². The van der Waals surface area contributed by atoms with Crippen molar-refractivity contribution in [2.45, 2.75) is 43.4 Å². The summed E-state index contributed by atoms with van der Waals surface area (Å²) in [5.74, 6) is 0. The van der Waals surface area contributed by atoms with Crippen molar-refractivity contribution in [2.24, 2.45) is 3.77 Å². The Morgan fingerprint density at radius 1 is 1.14 bits per heavy atom. The molecule has 0 bridgehead atoms. The lowest BCUT2D eigenvalue weighted by atomic mass is 10.1. The van der Waals surface area contributed by atoms with Gasteiger partial charge < -0.3 is 4.74 Å². The van der Waals surface area contributed by atoms with Gasteiger partial charge in [-0.15, -0.1) is 3.77 Å². The molecule has 0 spiro atoms. The first-order valence-electron chi connectivity index (χ1n) is 9.06. The van der Waals surface area contributed by atoms with Crippen LogP contribution in [0.15, 0.2) is 63.3 Å². The van der Waals surface area contributed by atoms with Gasteiger partial charge in [0, 0.05) is 16.1 Å². The predicted molar refractivity (Wildman–Crippen MR) is 110 cm³/mol. The molecule has 0 aromatic heterocycles. The first kappa shape index (κ1) is 20.5. The average molecular weight is 421 g/mol. The third-order valence-corrected chi connectivity index (χ3v) is 8.30. The lowest BCUT2D eigenvalue weighted by molar-refractivity contribution is 0.170. The summed E-state index contributed by atoms with van der Waals surface area (Å²) in [6.45, 7) is 5.84. The second-order valence-electron chi connectivity index (χ2n) is 6.95. The minimum atomic E-state index is -3.89. The molecule has 2 atom stereocenters. The van der Waals surface area contributed by atoms with Crippen molar-refractivity contribution in [1.29, 1.82) is 0 Å². The number of rotatable bonds is 6. The van der Waals surface area contributed by atoms with Gasteiger partial charge in [-0.05, 0) is 31.0 Å². The SMILES string of the molecule is Cc1ccc(S(=O)(=O)/N=[S@@](\C(C)C)N2C(=O)OC[C@@H]2Cc2ccccc2)cc1. The van der Waals surface area contributed by atoms with Gasteiger partial charge in [-0.2, -0.15) is 8.42 Å². The molecule has 1 fully saturated rings. The number of cyclic esters (lactones) is 1. The molecule has 2 aromatic rings. The zero-order valence-corrected chi connectivity index (χ0v) is 17.7. The van der Waals surface area contributed by atoms with Gasteiger partial charge in [0.25, 0.3) is 10.0 Å². The number of carbonyl (C=O) groups is 1. The van der Waals surface area contributed by atoms with Crippen LogP contribution in [0.5, 0.6) is 0 Å². The molecule has 28 heavy (non-hydrogen) atoms. The topological polar surface area (TPSA) is 76.0 Å². The monoisotopic (exact) mass is 420 g/mol. The van der Waals surface area contributed by atoms with E-state index in [1.807, 2.05) is 51.1 Å². The number of benzene rings is 2. The summed E-state index contributed by atoms with van der Waals surface area (Å²) < 4.78 is 36.6. The van der Waals surface area contributed by atoms with Crippen molar-refractivity contribution in [1.82, 2.24) is 4.31 Å². The van der Waals surface area contributed by atoms with Crippen LogP contribution in [0.1, 0.15) is 25.0 Å². The fourth-order valence-corrected chi connectivity index (χ4v) is 6.61. The van der Waals surface area contributed by atoms with Crippen LogP contribution < -0.4 is 0 Å². The Kier molecular flexibility index (Phi) is 6.20. The van der Waals surface area contributed by atoms with Crippen LogP contribution in [-0.4, -0.2) is 36.7 Å². The summed E-state index contributed by atoms with van der Waals surface area (Å²) in [4.78, 5) is 12.6. The molecule has 2 aromatic carbocycles. The van der Waals surface area contributed by atoms with Crippen molar-refractivity contribution in [3.8, 4) is 0 Å².